The Morgan fingerprint density at radius 3 is 2.09 bits per heavy atom. The van der Waals surface area contributed by atoms with Gasteiger partial charge < -0.3 is 26.8 Å². The topological polar surface area (TPSA) is 168 Å². The molecule has 0 spiro atoms. The second-order valence-electron chi connectivity index (χ2n) is 7.71. The predicted octanol–water partition coefficient (Wildman–Crippen LogP) is 0.0996. The zero-order chi connectivity index (χ0) is 24.3. The lowest BCUT2D eigenvalue weighted by atomic mass is 9.96. The first kappa shape index (κ1) is 26.6. The summed E-state index contributed by atoms with van der Waals surface area (Å²) in [6, 6.07) is 5.93. The molecule has 10 heteroatoms. The maximum Gasteiger partial charge on any atom is 0.303 e. The first-order chi connectivity index (χ1) is 15.0. The lowest BCUT2D eigenvalue weighted by molar-refractivity contribution is -0.138. The number of carbonyl (C=O) groups excluding carboxylic acids is 4. The number of carbonyl (C=O) groups is 5. The van der Waals surface area contributed by atoms with Crippen molar-refractivity contribution in [3.05, 3.63) is 35.9 Å². The second kappa shape index (κ2) is 13.1. The number of benzene rings is 1. The first-order valence-corrected chi connectivity index (χ1v) is 10.5. The van der Waals surface area contributed by atoms with Gasteiger partial charge in [0, 0.05) is 19.8 Å². The Kier molecular flexibility index (Phi) is 10.9. The third-order valence-electron chi connectivity index (χ3n) is 5.08. The van der Waals surface area contributed by atoms with Crippen molar-refractivity contribution >= 4 is 29.6 Å². The summed E-state index contributed by atoms with van der Waals surface area (Å²) in [5.41, 5.74) is 6.28. The zero-order valence-electron chi connectivity index (χ0n) is 18.6. The van der Waals surface area contributed by atoms with Gasteiger partial charge in [-0.1, -0.05) is 50.6 Å². The van der Waals surface area contributed by atoms with Gasteiger partial charge in [-0.3, -0.25) is 24.0 Å². The zero-order valence-corrected chi connectivity index (χ0v) is 18.6. The van der Waals surface area contributed by atoms with Gasteiger partial charge in [-0.2, -0.15) is 0 Å². The molecule has 176 valence electrons. The van der Waals surface area contributed by atoms with E-state index in [2.05, 4.69) is 16.0 Å². The molecule has 0 saturated carbocycles. The number of primary amides is 1. The maximum atomic E-state index is 13.0. The fourth-order valence-electron chi connectivity index (χ4n) is 3.07. The van der Waals surface area contributed by atoms with Gasteiger partial charge in [-0.05, 0) is 17.9 Å². The highest BCUT2D eigenvalue weighted by Gasteiger charge is 2.31. The van der Waals surface area contributed by atoms with Gasteiger partial charge in [0.1, 0.15) is 18.1 Å². The molecule has 0 heterocycles. The number of hydrogen-bond acceptors (Lipinski definition) is 5. The molecule has 1 aromatic rings. The molecular formula is C22H32N4O6. The molecule has 0 aliphatic rings. The highest BCUT2D eigenvalue weighted by molar-refractivity contribution is 5.94. The largest absolute Gasteiger partial charge is 0.481 e. The Morgan fingerprint density at radius 1 is 0.969 bits per heavy atom. The maximum absolute atomic E-state index is 13.0. The van der Waals surface area contributed by atoms with Crippen LogP contribution in [0.15, 0.2) is 30.3 Å². The molecule has 4 atom stereocenters. The number of nitrogens with two attached hydrogens (primary N) is 1. The minimum absolute atomic E-state index is 0.131. The Bertz CT molecular complexity index is 814. The Morgan fingerprint density at radius 2 is 1.59 bits per heavy atom. The van der Waals surface area contributed by atoms with Crippen molar-refractivity contribution in [1.29, 1.82) is 0 Å². The summed E-state index contributed by atoms with van der Waals surface area (Å²) >= 11 is 0. The molecule has 0 aromatic heterocycles. The Hall–Kier alpha value is -3.43. The van der Waals surface area contributed by atoms with E-state index in [1.165, 1.54) is 6.92 Å². The molecule has 4 amide bonds. The van der Waals surface area contributed by atoms with Crippen molar-refractivity contribution in [3.8, 4) is 0 Å². The fraction of sp³-hybridized carbons (Fsp3) is 0.500. The molecule has 0 radical (unpaired) electrons. The van der Waals surface area contributed by atoms with Gasteiger partial charge in [-0.15, -0.1) is 0 Å². The fourth-order valence-corrected chi connectivity index (χ4v) is 3.07. The molecule has 0 unspecified atom stereocenters. The summed E-state index contributed by atoms with van der Waals surface area (Å²) < 4.78 is 0. The number of hydrogen-bond donors (Lipinski definition) is 5. The van der Waals surface area contributed by atoms with E-state index in [-0.39, 0.29) is 25.2 Å². The normalized spacial score (nSPS) is 14.3. The van der Waals surface area contributed by atoms with Gasteiger partial charge in [0.2, 0.25) is 23.6 Å². The van der Waals surface area contributed by atoms with E-state index in [1.54, 1.807) is 31.2 Å². The van der Waals surface area contributed by atoms with Crippen LogP contribution in [-0.4, -0.2) is 52.8 Å². The van der Waals surface area contributed by atoms with E-state index in [4.69, 9.17) is 10.8 Å². The van der Waals surface area contributed by atoms with Crippen LogP contribution in [0.1, 0.15) is 45.6 Å². The number of aliphatic carboxylic acids is 1. The number of carboxylic acids is 1. The van der Waals surface area contributed by atoms with Crippen molar-refractivity contribution in [2.75, 3.05) is 0 Å². The summed E-state index contributed by atoms with van der Waals surface area (Å²) in [6.07, 6.45) is 0.265. The summed E-state index contributed by atoms with van der Waals surface area (Å²) in [5, 5.41) is 16.5. The number of amides is 4. The average molecular weight is 449 g/mol. The van der Waals surface area contributed by atoms with Gasteiger partial charge in [0.05, 0.1) is 0 Å². The monoisotopic (exact) mass is 448 g/mol. The van der Waals surface area contributed by atoms with Gasteiger partial charge in [0.25, 0.3) is 0 Å². The van der Waals surface area contributed by atoms with Crippen molar-refractivity contribution < 1.29 is 29.1 Å². The van der Waals surface area contributed by atoms with Crippen LogP contribution in [0, 0.1) is 5.92 Å². The van der Waals surface area contributed by atoms with Crippen LogP contribution >= 0.6 is 0 Å². The summed E-state index contributed by atoms with van der Waals surface area (Å²) in [7, 11) is 0. The quantitative estimate of drug-likeness (QED) is 0.287. The highest BCUT2D eigenvalue weighted by Crippen LogP contribution is 2.11. The van der Waals surface area contributed by atoms with Crippen molar-refractivity contribution in [1.82, 2.24) is 16.0 Å². The number of carboxylic acid groups (broad SMARTS) is 1. The van der Waals surface area contributed by atoms with Gasteiger partial charge >= 0.3 is 5.97 Å². The van der Waals surface area contributed by atoms with Crippen LogP contribution in [-0.2, 0) is 30.4 Å². The Labute approximate surface area is 187 Å². The van der Waals surface area contributed by atoms with E-state index in [0.29, 0.717) is 6.42 Å². The molecule has 0 saturated heterocycles. The van der Waals surface area contributed by atoms with Gasteiger partial charge in [-0.25, -0.2) is 0 Å². The van der Waals surface area contributed by atoms with Crippen molar-refractivity contribution in [2.45, 2.75) is 64.6 Å². The second-order valence-corrected chi connectivity index (χ2v) is 7.71. The Balaban J connectivity index is 2.97. The molecule has 0 aliphatic heterocycles. The smallest absolute Gasteiger partial charge is 0.303 e. The molecular weight excluding hydrogens is 416 g/mol. The van der Waals surface area contributed by atoms with E-state index in [0.717, 1.165) is 5.56 Å². The minimum atomic E-state index is -1.12. The summed E-state index contributed by atoms with van der Waals surface area (Å²) in [4.78, 5) is 60.0. The third kappa shape index (κ3) is 9.15. The summed E-state index contributed by atoms with van der Waals surface area (Å²) in [5.74, 6) is -3.91. The predicted molar refractivity (Wildman–Crippen MR) is 117 cm³/mol. The molecule has 0 fully saturated rings. The van der Waals surface area contributed by atoms with E-state index in [1.807, 2.05) is 13.0 Å². The van der Waals surface area contributed by atoms with Crippen molar-refractivity contribution in [3.63, 3.8) is 0 Å². The molecule has 0 aliphatic carbocycles. The number of nitrogens with one attached hydrogen (secondary N) is 3. The molecule has 10 nitrogen and oxygen atoms in total. The van der Waals surface area contributed by atoms with Gasteiger partial charge in [0.15, 0.2) is 0 Å². The van der Waals surface area contributed by atoms with Crippen LogP contribution < -0.4 is 21.7 Å². The molecule has 1 rings (SSSR count). The van der Waals surface area contributed by atoms with E-state index < -0.39 is 47.7 Å². The van der Waals surface area contributed by atoms with Crippen molar-refractivity contribution in [2.24, 2.45) is 11.7 Å². The molecule has 32 heavy (non-hydrogen) atoms. The lowest BCUT2D eigenvalue weighted by Gasteiger charge is -2.27. The highest BCUT2D eigenvalue weighted by atomic mass is 16.4. The van der Waals surface area contributed by atoms with Crippen LogP contribution in [0.5, 0.6) is 0 Å². The minimum Gasteiger partial charge on any atom is -0.481 e. The summed E-state index contributed by atoms with van der Waals surface area (Å²) in [6.45, 7) is 4.80. The van der Waals surface area contributed by atoms with Crippen LogP contribution in [0.25, 0.3) is 0 Å². The standard InChI is InChI=1S/C22H32N4O6/c1-4-13(2)19(26-21(31)16(24-14(3)27)10-11-18(28)29)22(32)25-17(20(23)30)12-15-8-6-5-7-9-15/h5-9,13,16-17,19H,4,10-12H2,1-3H3,(H2,23,30)(H,24,27)(H,25,32)(H,26,31)(H,28,29)/t13-,16-,17-,19-/m0/s1. The number of rotatable bonds is 13. The van der Waals surface area contributed by atoms with Crippen LogP contribution in [0.3, 0.4) is 0 Å². The van der Waals surface area contributed by atoms with Crippen LogP contribution in [0.2, 0.25) is 0 Å². The van der Waals surface area contributed by atoms with Crippen LogP contribution in [0.4, 0.5) is 0 Å². The van der Waals surface area contributed by atoms with E-state index >= 15 is 0 Å². The SMILES string of the molecule is CC[C@H](C)[C@H](NC(=O)[C@H](CCC(=O)O)NC(C)=O)C(=O)N[C@@H](Cc1ccccc1)C(N)=O. The molecule has 6 N–H and O–H groups in total. The lowest BCUT2D eigenvalue weighted by Crippen LogP contribution is -2.58. The molecule has 1 aromatic carbocycles. The molecule has 0 bridgehead atoms. The first-order valence-electron chi connectivity index (χ1n) is 10.5. The third-order valence-corrected chi connectivity index (χ3v) is 5.08. The van der Waals surface area contributed by atoms with E-state index in [9.17, 15) is 24.0 Å². The average Bonchev–Trinajstić information content (AvgIpc) is 2.73.